The van der Waals surface area contributed by atoms with Crippen molar-refractivity contribution in [3.05, 3.63) is 36.5 Å². The van der Waals surface area contributed by atoms with Crippen molar-refractivity contribution in [3.63, 3.8) is 0 Å². The van der Waals surface area contributed by atoms with Crippen LogP contribution in [0.25, 0.3) is 10.9 Å². The van der Waals surface area contributed by atoms with Crippen molar-refractivity contribution < 1.29 is 0 Å². The molecule has 4 heteroatoms. The first-order valence-corrected chi connectivity index (χ1v) is 7.87. The Bertz CT molecular complexity index is 545. The number of nitrogens with zero attached hydrogens (tertiary/aromatic N) is 3. The van der Waals surface area contributed by atoms with Gasteiger partial charge in [-0.3, -0.25) is 9.88 Å². The van der Waals surface area contributed by atoms with Crippen molar-refractivity contribution in [2.75, 3.05) is 43.0 Å². The van der Waals surface area contributed by atoms with E-state index in [2.05, 4.69) is 55.0 Å². The first-order valence-electron chi connectivity index (χ1n) is 6.75. The summed E-state index contributed by atoms with van der Waals surface area (Å²) in [6.45, 7) is 5.62. The molecule has 19 heavy (non-hydrogen) atoms. The molecule has 0 saturated carbocycles. The van der Waals surface area contributed by atoms with Gasteiger partial charge in [0, 0.05) is 55.3 Å². The highest BCUT2D eigenvalue weighted by Gasteiger charge is 2.17. The third-order valence-corrected chi connectivity index (χ3v) is 4.09. The Labute approximate surface area is 122 Å². The fourth-order valence-electron chi connectivity index (χ4n) is 2.69. The number of halogens is 1. The maximum Gasteiger partial charge on any atom is 0.0722 e. The van der Waals surface area contributed by atoms with Crippen LogP contribution in [0.3, 0.4) is 0 Å². The molecular weight excluding hydrogens is 302 g/mol. The highest BCUT2D eigenvalue weighted by atomic mass is 79.9. The molecule has 1 aromatic heterocycles. The van der Waals surface area contributed by atoms with E-state index in [9.17, 15) is 0 Å². The molecule has 1 aromatic carbocycles. The molecular formula is C15H18BrN3. The molecule has 1 fully saturated rings. The number of fused-ring (bicyclic) bond motifs is 1. The molecule has 1 aliphatic rings. The first-order chi connectivity index (χ1) is 9.38. The van der Waals surface area contributed by atoms with E-state index in [-0.39, 0.29) is 0 Å². The molecule has 0 unspecified atom stereocenters. The third-order valence-electron chi connectivity index (χ3n) is 3.74. The van der Waals surface area contributed by atoms with Crippen LogP contribution in [0.15, 0.2) is 36.5 Å². The number of para-hydroxylation sites is 1. The first kappa shape index (κ1) is 12.9. The van der Waals surface area contributed by atoms with Crippen molar-refractivity contribution in [3.8, 4) is 0 Å². The second-order valence-electron chi connectivity index (χ2n) is 4.86. The van der Waals surface area contributed by atoms with E-state index in [0.29, 0.717) is 0 Å². The molecule has 0 radical (unpaired) electrons. The Kier molecular flexibility index (Phi) is 3.99. The topological polar surface area (TPSA) is 19.4 Å². The zero-order valence-electron chi connectivity index (χ0n) is 10.9. The van der Waals surface area contributed by atoms with Gasteiger partial charge in [0.1, 0.15) is 0 Å². The van der Waals surface area contributed by atoms with Gasteiger partial charge in [0.05, 0.1) is 5.52 Å². The number of benzene rings is 1. The molecule has 0 bridgehead atoms. The molecule has 3 nitrogen and oxygen atoms in total. The average molecular weight is 320 g/mol. The van der Waals surface area contributed by atoms with Crippen LogP contribution in [-0.4, -0.2) is 47.9 Å². The molecule has 2 heterocycles. The lowest BCUT2D eigenvalue weighted by molar-refractivity contribution is 0.274. The summed E-state index contributed by atoms with van der Waals surface area (Å²) in [4.78, 5) is 9.43. The fourth-order valence-corrected chi connectivity index (χ4v) is 3.19. The minimum absolute atomic E-state index is 1.06. The van der Waals surface area contributed by atoms with Gasteiger partial charge >= 0.3 is 0 Å². The van der Waals surface area contributed by atoms with Crippen molar-refractivity contribution in [1.82, 2.24) is 9.88 Å². The van der Waals surface area contributed by atoms with Crippen LogP contribution < -0.4 is 4.90 Å². The second kappa shape index (κ2) is 5.88. The molecule has 1 saturated heterocycles. The summed E-state index contributed by atoms with van der Waals surface area (Å²) < 4.78 is 0. The smallest absolute Gasteiger partial charge is 0.0722 e. The molecule has 3 rings (SSSR count). The number of hydrogen-bond donors (Lipinski definition) is 0. The van der Waals surface area contributed by atoms with Crippen LogP contribution in [0.1, 0.15) is 0 Å². The Morgan fingerprint density at radius 3 is 2.63 bits per heavy atom. The standard InChI is InChI=1S/C15H18BrN3/c16-6-8-18-9-11-19(12-10-18)15-5-7-17-14-4-2-1-3-13(14)15/h1-5,7H,6,8-12H2. The van der Waals surface area contributed by atoms with E-state index in [1.165, 1.54) is 11.1 Å². The maximum atomic E-state index is 4.44. The van der Waals surface area contributed by atoms with Gasteiger partial charge < -0.3 is 4.90 Å². The zero-order chi connectivity index (χ0) is 13.1. The van der Waals surface area contributed by atoms with Crippen LogP contribution in [0, 0.1) is 0 Å². The summed E-state index contributed by atoms with van der Waals surface area (Å²) in [6.07, 6.45) is 1.92. The van der Waals surface area contributed by atoms with Gasteiger partial charge in [-0.15, -0.1) is 0 Å². The van der Waals surface area contributed by atoms with E-state index in [1.54, 1.807) is 0 Å². The molecule has 1 aliphatic heterocycles. The quantitative estimate of drug-likeness (QED) is 0.811. The summed E-state index contributed by atoms with van der Waals surface area (Å²) in [7, 11) is 0. The van der Waals surface area contributed by atoms with Gasteiger partial charge in [0.15, 0.2) is 0 Å². The Morgan fingerprint density at radius 1 is 1.05 bits per heavy atom. The van der Waals surface area contributed by atoms with E-state index in [0.717, 1.165) is 43.6 Å². The van der Waals surface area contributed by atoms with Crippen LogP contribution in [0.4, 0.5) is 5.69 Å². The number of hydrogen-bond acceptors (Lipinski definition) is 3. The molecule has 0 atom stereocenters. The minimum atomic E-state index is 1.06. The summed E-state index contributed by atoms with van der Waals surface area (Å²) in [5.41, 5.74) is 2.41. The predicted molar refractivity (Wildman–Crippen MR) is 84.2 cm³/mol. The summed E-state index contributed by atoms with van der Waals surface area (Å²) in [6, 6.07) is 10.5. The molecule has 0 aliphatic carbocycles. The van der Waals surface area contributed by atoms with Crippen molar-refractivity contribution in [2.45, 2.75) is 0 Å². The highest BCUT2D eigenvalue weighted by molar-refractivity contribution is 9.09. The van der Waals surface area contributed by atoms with E-state index in [4.69, 9.17) is 0 Å². The lowest BCUT2D eigenvalue weighted by Gasteiger charge is -2.36. The fraction of sp³-hybridized carbons (Fsp3) is 0.400. The molecule has 100 valence electrons. The van der Waals surface area contributed by atoms with Crippen LogP contribution in [0.5, 0.6) is 0 Å². The zero-order valence-corrected chi connectivity index (χ0v) is 12.5. The SMILES string of the molecule is BrCCN1CCN(c2ccnc3ccccc23)CC1. The number of alkyl halides is 1. The number of rotatable bonds is 3. The normalized spacial score (nSPS) is 17.0. The largest absolute Gasteiger partial charge is 0.368 e. The molecule has 0 spiro atoms. The highest BCUT2D eigenvalue weighted by Crippen LogP contribution is 2.25. The average Bonchev–Trinajstić information content (AvgIpc) is 2.48. The number of anilines is 1. The van der Waals surface area contributed by atoms with Crippen LogP contribution >= 0.6 is 15.9 Å². The third kappa shape index (κ3) is 2.74. The Morgan fingerprint density at radius 2 is 1.84 bits per heavy atom. The van der Waals surface area contributed by atoms with Crippen molar-refractivity contribution in [2.24, 2.45) is 0 Å². The van der Waals surface area contributed by atoms with E-state index in [1.807, 2.05) is 12.3 Å². The molecule has 0 amide bonds. The van der Waals surface area contributed by atoms with Crippen LogP contribution in [0.2, 0.25) is 0 Å². The van der Waals surface area contributed by atoms with Gasteiger partial charge in [-0.1, -0.05) is 34.1 Å². The predicted octanol–water partition coefficient (Wildman–Crippen LogP) is 2.75. The monoisotopic (exact) mass is 319 g/mol. The number of pyridine rings is 1. The van der Waals surface area contributed by atoms with Crippen molar-refractivity contribution >= 4 is 32.5 Å². The maximum absolute atomic E-state index is 4.44. The summed E-state index contributed by atoms with van der Waals surface area (Å²) in [5, 5.41) is 2.32. The Balaban J connectivity index is 1.82. The number of piperazine rings is 1. The lowest BCUT2D eigenvalue weighted by Crippen LogP contribution is -2.47. The van der Waals surface area contributed by atoms with Gasteiger partial charge in [-0.2, -0.15) is 0 Å². The minimum Gasteiger partial charge on any atom is -0.368 e. The van der Waals surface area contributed by atoms with Gasteiger partial charge in [-0.25, -0.2) is 0 Å². The van der Waals surface area contributed by atoms with Gasteiger partial charge in [0.2, 0.25) is 0 Å². The molecule has 0 N–H and O–H groups in total. The summed E-state index contributed by atoms with van der Waals surface area (Å²) in [5.74, 6) is 0. The van der Waals surface area contributed by atoms with Crippen molar-refractivity contribution in [1.29, 1.82) is 0 Å². The lowest BCUT2D eigenvalue weighted by atomic mass is 10.1. The summed E-state index contributed by atoms with van der Waals surface area (Å²) >= 11 is 3.51. The number of aromatic nitrogens is 1. The Hall–Kier alpha value is -1.13. The van der Waals surface area contributed by atoms with Gasteiger partial charge in [-0.05, 0) is 12.1 Å². The van der Waals surface area contributed by atoms with Crippen LogP contribution in [-0.2, 0) is 0 Å². The second-order valence-corrected chi connectivity index (χ2v) is 5.66. The van der Waals surface area contributed by atoms with Gasteiger partial charge in [0.25, 0.3) is 0 Å². The van der Waals surface area contributed by atoms with E-state index >= 15 is 0 Å². The van der Waals surface area contributed by atoms with E-state index < -0.39 is 0 Å². The molecule has 2 aromatic rings.